The van der Waals surface area contributed by atoms with E-state index in [0.29, 0.717) is 23.2 Å². The summed E-state index contributed by atoms with van der Waals surface area (Å²) in [5.41, 5.74) is 3.04. The highest BCUT2D eigenvalue weighted by Crippen LogP contribution is 2.27. The van der Waals surface area contributed by atoms with Crippen LogP contribution in [0, 0.1) is 5.82 Å². The second-order valence-corrected chi connectivity index (χ2v) is 8.13. The summed E-state index contributed by atoms with van der Waals surface area (Å²) in [7, 11) is -1.04. The molecule has 2 aromatic carbocycles. The van der Waals surface area contributed by atoms with Crippen molar-refractivity contribution in [2.24, 2.45) is 0 Å². The molecule has 2 heterocycles. The van der Waals surface area contributed by atoms with Gasteiger partial charge in [0.1, 0.15) is 11.5 Å². The minimum atomic E-state index is -1.04. The van der Waals surface area contributed by atoms with Gasteiger partial charge in [0.2, 0.25) is 0 Å². The van der Waals surface area contributed by atoms with Gasteiger partial charge in [0.05, 0.1) is 5.52 Å². The molecule has 150 valence electrons. The van der Waals surface area contributed by atoms with Gasteiger partial charge in [-0.3, -0.25) is 14.0 Å². The third-order valence-corrected chi connectivity index (χ3v) is 5.61. The van der Waals surface area contributed by atoms with Gasteiger partial charge in [-0.1, -0.05) is 24.3 Å². The third kappa shape index (κ3) is 4.26. The molecule has 30 heavy (non-hydrogen) atoms. The zero-order valence-corrected chi connectivity index (χ0v) is 16.9. The van der Waals surface area contributed by atoms with Gasteiger partial charge < -0.3 is 5.32 Å². The quantitative estimate of drug-likeness (QED) is 0.529. The van der Waals surface area contributed by atoms with E-state index in [1.165, 1.54) is 12.1 Å². The number of fused-ring (bicyclic) bond motifs is 1. The van der Waals surface area contributed by atoms with Crippen LogP contribution in [0.2, 0.25) is 0 Å². The van der Waals surface area contributed by atoms with E-state index in [4.69, 9.17) is 0 Å². The molecule has 7 heteroatoms. The molecule has 1 unspecified atom stereocenters. The van der Waals surface area contributed by atoms with Gasteiger partial charge in [-0.15, -0.1) is 0 Å². The topological polar surface area (TPSA) is 72.0 Å². The van der Waals surface area contributed by atoms with Crippen LogP contribution in [-0.4, -0.2) is 26.3 Å². The number of hydrogen-bond acceptors (Lipinski definition) is 4. The molecule has 0 spiro atoms. The predicted molar refractivity (Wildman–Crippen MR) is 115 cm³/mol. The van der Waals surface area contributed by atoms with Gasteiger partial charge in [-0.2, -0.15) is 0 Å². The summed E-state index contributed by atoms with van der Waals surface area (Å²) >= 11 is 0. The molecule has 1 amide bonds. The van der Waals surface area contributed by atoms with Crippen LogP contribution in [0.5, 0.6) is 0 Å². The lowest BCUT2D eigenvalue weighted by molar-refractivity contribution is 0.0946. The van der Waals surface area contributed by atoms with Crippen LogP contribution >= 0.6 is 0 Å². The normalized spacial score (nSPS) is 11.9. The highest BCUT2D eigenvalue weighted by molar-refractivity contribution is 7.84. The van der Waals surface area contributed by atoms with Crippen molar-refractivity contribution >= 4 is 27.6 Å². The van der Waals surface area contributed by atoms with E-state index in [-0.39, 0.29) is 17.4 Å². The van der Waals surface area contributed by atoms with E-state index >= 15 is 0 Å². The Morgan fingerprint density at radius 2 is 1.87 bits per heavy atom. The summed E-state index contributed by atoms with van der Waals surface area (Å²) < 4.78 is 25.1. The number of amides is 1. The molecule has 4 aromatic rings. The first-order valence-corrected chi connectivity index (χ1v) is 10.8. The zero-order valence-electron chi connectivity index (χ0n) is 16.1. The lowest BCUT2D eigenvalue weighted by Gasteiger charge is -2.09. The summed E-state index contributed by atoms with van der Waals surface area (Å²) in [5, 5.41) is 3.60. The molecule has 1 atom stereocenters. The molecule has 0 bridgehead atoms. The molecule has 0 saturated carbocycles. The lowest BCUT2D eigenvalue weighted by atomic mass is 10.0. The number of rotatable bonds is 5. The maximum atomic E-state index is 13.7. The van der Waals surface area contributed by atoms with Crippen molar-refractivity contribution in [3.63, 3.8) is 0 Å². The highest BCUT2D eigenvalue weighted by atomic mass is 32.2. The van der Waals surface area contributed by atoms with Crippen molar-refractivity contribution < 1.29 is 13.4 Å². The summed E-state index contributed by atoms with van der Waals surface area (Å²) in [6, 6.07) is 16.8. The maximum Gasteiger partial charge on any atom is 0.270 e. The minimum absolute atomic E-state index is 0.262. The van der Waals surface area contributed by atoms with Crippen LogP contribution in [0.15, 0.2) is 78.0 Å². The Hall–Kier alpha value is -3.45. The van der Waals surface area contributed by atoms with Crippen LogP contribution < -0.4 is 5.32 Å². The zero-order chi connectivity index (χ0) is 21.1. The molecule has 0 aliphatic heterocycles. The maximum absolute atomic E-state index is 13.7. The molecule has 0 aliphatic rings. The van der Waals surface area contributed by atoms with Crippen LogP contribution in [0.25, 0.3) is 22.0 Å². The second-order valence-electron chi connectivity index (χ2n) is 6.75. The van der Waals surface area contributed by atoms with Gasteiger partial charge in [-0.25, -0.2) is 9.37 Å². The Morgan fingerprint density at radius 3 is 2.60 bits per heavy atom. The summed E-state index contributed by atoms with van der Waals surface area (Å²) in [4.78, 5) is 22.1. The van der Waals surface area contributed by atoms with Crippen molar-refractivity contribution in [1.82, 2.24) is 15.3 Å². The number of nitrogens with zero attached hydrogens (tertiary/aromatic N) is 2. The number of benzene rings is 2. The molecule has 4 rings (SSSR count). The monoisotopic (exact) mass is 419 g/mol. The number of halogens is 1. The third-order valence-electron chi connectivity index (χ3n) is 4.68. The Kier molecular flexibility index (Phi) is 5.63. The summed E-state index contributed by atoms with van der Waals surface area (Å²) in [5.74, 6) is -0.668. The molecule has 1 N–H and O–H groups in total. The molecule has 5 nitrogen and oxygen atoms in total. The van der Waals surface area contributed by atoms with E-state index in [1.54, 1.807) is 55.0 Å². The number of hydrogen-bond donors (Lipinski definition) is 1. The number of carbonyl (C=O) groups is 1. The number of pyridine rings is 2. The van der Waals surface area contributed by atoms with Gasteiger partial charge in [0, 0.05) is 51.8 Å². The van der Waals surface area contributed by atoms with Crippen molar-refractivity contribution in [2.45, 2.75) is 11.4 Å². The molecular weight excluding hydrogens is 401 g/mol. The molecule has 0 saturated heterocycles. The highest BCUT2D eigenvalue weighted by Gasteiger charge is 2.12. The van der Waals surface area contributed by atoms with Crippen LogP contribution in [0.3, 0.4) is 0 Å². The van der Waals surface area contributed by atoms with Crippen LogP contribution in [0.4, 0.5) is 4.39 Å². The first-order valence-electron chi connectivity index (χ1n) is 9.22. The molecular formula is C23H18FN3O2S. The molecule has 0 radical (unpaired) electrons. The van der Waals surface area contributed by atoms with Gasteiger partial charge in [0.25, 0.3) is 5.91 Å². The average Bonchev–Trinajstić information content (AvgIpc) is 2.77. The number of aromatic nitrogens is 2. The Balaban J connectivity index is 1.59. The van der Waals surface area contributed by atoms with Crippen molar-refractivity contribution in [1.29, 1.82) is 0 Å². The largest absolute Gasteiger partial charge is 0.347 e. The fourth-order valence-electron chi connectivity index (χ4n) is 3.11. The standard InChI is InChI=1S/C23H18FN3O2S/c1-30(29)19-8-5-15(6-9-19)12-26-23(28)21-10-7-17-13-25-14-20(22(17)27-21)16-3-2-4-18(24)11-16/h2-11,13-14H,12H2,1H3,(H,26,28). The molecule has 2 aromatic heterocycles. The summed E-state index contributed by atoms with van der Waals surface area (Å²) in [6.45, 7) is 0.322. The Morgan fingerprint density at radius 1 is 1.07 bits per heavy atom. The Labute approximate surface area is 175 Å². The SMILES string of the molecule is CS(=O)c1ccc(CNC(=O)c2ccc3cncc(-c4cccc(F)c4)c3n2)cc1. The minimum Gasteiger partial charge on any atom is -0.347 e. The second kappa shape index (κ2) is 8.51. The summed E-state index contributed by atoms with van der Waals surface area (Å²) in [6.07, 6.45) is 4.90. The first kappa shape index (κ1) is 19.8. The van der Waals surface area contributed by atoms with Crippen LogP contribution in [-0.2, 0) is 17.3 Å². The number of nitrogens with one attached hydrogen (secondary N) is 1. The van der Waals surface area contributed by atoms with E-state index in [9.17, 15) is 13.4 Å². The molecule has 0 aliphatic carbocycles. The van der Waals surface area contributed by atoms with Crippen molar-refractivity contribution in [2.75, 3.05) is 6.26 Å². The van der Waals surface area contributed by atoms with E-state index in [0.717, 1.165) is 15.8 Å². The van der Waals surface area contributed by atoms with Crippen LogP contribution in [0.1, 0.15) is 16.1 Å². The lowest BCUT2D eigenvalue weighted by Crippen LogP contribution is -2.23. The van der Waals surface area contributed by atoms with Gasteiger partial charge in [0.15, 0.2) is 0 Å². The van der Waals surface area contributed by atoms with E-state index in [2.05, 4.69) is 15.3 Å². The van der Waals surface area contributed by atoms with Gasteiger partial charge in [-0.05, 0) is 47.5 Å². The average molecular weight is 419 g/mol. The fourth-order valence-corrected chi connectivity index (χ4v) is 3.63. The van der Waals surface area contributed by atoms with E-state index in [1.807, 2.05) is 12.1 Å². The van der Waals surface area contributed by atoms with Crippen molar-refractivity contribution in [3.05, 3.63) is 90.1 Å². The van der Waals surface area contributed by atoms with Gasteiger partial charge >= 0.3 is 0 Å². The van der Waals surface area contributed by atoms with Crippen molar-refractivity contribution in [3.8, 4) is 11.1 Å². The van der Waals surface area contributed by atoms with E-state index < -0.39 is 10.8 Å². The smallest absolute Gasteiger partial charge is 0.270 e. The number of carbonyl (C=O) groups excluding carboxylic acids is 1. The fraction of sp³-hybridized carbons (Fsp3) is 0.0870. The predicted octanol–water partition coefficient (Wildman–Crippen LogP) is 4.10. The Bertz CT molecular complexity index is 1260. The first-order chi connectivity index (χ1) is 14.5. The molecule has 0 fully saturated rings.